The number of rotatable bonds is 8. The standard InChI is InChI=1S/C20H28N2O3/c1-15(2)10-11-19(24)21-14-20(25)22-12-6-9-17(22)13-18(23)16-7-4-3-5-8-16/h3-5,7-8,15,17H,6,9-14H2,1-2H3,(H,21,24). The number of nitrogens with zero attached hydrogens (tertiary/aromatic N) is 1. The summed E-state index contributed by atoms with van der Waals surface area (Å²) in [4.78, 5) is 38.3. The molecule has 136 valence electrons. The van der Waals surface area contributed by atoms with Crippen LogP contribution in [0.25, 0.3) is 0 Å². The summed E-state index contributed by atoms with van der Waals surface area (Å²) in [5.74, 6) is 0.346. The van der Waals surface area contributed by atoms with Crippen molar-refractivity contribution in [2.45, 2.75) is 52.0 Å². The van der Waals surface area contributed by atoms with E-state index in [2.05, 4.69) is 19.2 Å². The number of Topliss-reactive ketones (excluding diaryl/α,β-unsaturated/α-hetero) is 1. The topological polar surface area (TPSA) is 66.5 Å². The van der Waals surface area contributed by atoms with E-state index >= 15 is 0 Å². The Morgan fingerprint density at radius 2 is 1.92 bits per heavy atom. The van der Waals surface area contributed by atoms with Crippen molar-refractivity contribution in [2.24, 2.45) is 5.92 Å². The molecule has 0 aromatic heterocycles. The van der Waals surface area contributed by atoms with E-state index in [1.807, 2.05) is 18.2 Å². The zero-order valence-electron chi connectivity index (χ0n) is 15.2. The van der Waals surface area contributed by atoms with Gasteiger partial charge in [0.05, 0.1) is 6.54 Å². The number of carbonyl (C=O) groups excluding carboxylic acids is 3. The van der Waals surface area contributed by atoms with Crippen molar-refractivity contribution in [1.82, 2.24) is 10.2 Å². The van der Waals surface area contributed by atoms with Gasteiger partial charge in [-0.2, -0.15) is 0 Å². The molecular formula is C20H28N2O3. The summed E-state index contributed by atoms with van der Waals surface area (Å²) in [6.07, 6.45) is 3.35. The Morgan fingerprint density at radius 1 is 1.20 bits per heavy atom. The van der Waals surface area contributed by atoms with Gasteiger partial charge in [-0.3, -0.25) is 14.4 Å². The Kier molecular flexibility index (Phi) is 7.16. The van der Waals surface area contributed by atoms with E-state index in [1.165, 1.54) is 0 Å². The molecule has 1 aliphatic rings. The second-order valence-corrected chi connectivity index (χ2v) is 7.09. The molecule has 1 aromatic carbocycles. The van der Waals surface area contributed by atoms with Crippen molar-refractivity contribution in [2.75, 3.05) is 13.1 Å². The molecule has 5 nitrogen and oxygen atoms in total. The van der Waals surface area contributed by atoms with Crippen LogP contribution < -0.4 is 5.32 Å². The first kappa shape index (κ1) is 19.2. The molecule has 1 saturated heterocycles. The van der Waals surface area contributed by atoms with Gasteiger partial charge >= 0.3 is 0 Å². The van der Waals surface area contributed by atoms with Crippen LogP contribution in [0.4, 0.5) is 0 Å². The van der Waals surface area contributed by atoms with Gasteiger partial charge in [0.25, 0.3) is 0 Å². The molecule has 2 rings (SSSR count). The lowest BCUT2D eigenvalue weighted by Crippen LogP contribution is -2.43. The zero-order valence-corrected chi connectivity index (χ0v) is 15.2. The van der Waals surface area contributed by atoms with Gasteiger partial charge in [0.1, 0.15) is 0 Å². The Hall–Kier alpha value is -2.17. The number of carbonyl (C=O) groups is 3. The predicted molar refractivity (Wildman–Crippen MR) is 97.2 cm³/mol. The second-order valence-electron chi connectivity index (χ2n) is 7.09. The molecule has 1 aromatic rings. The molecule has 1 heterocycles. The fraction of sp³-hybridized carbons (Fsp3) is 0.550. The molecule has 0 saturated carbocycles. The summed E-state index contributed by atoms with van der Waals surface area (Å²) in [6, 6.07) is 9.11. The second kappa shape index (κ2) is 9.35. The van der Waals surface area contributed by atoms with Crippen LogP contribution in [-0.2, 0) is 9.59 Å². The van der Waals surface area contributed by atoms with E-state index in [4.69, 9.17) is 0 Å². The number of nitrogens with one attached hydrogen (secondary N) is 1. The first-order valence-electron chi connectivity index (χ1n) is 9.11. The van der Waals surface area contributed by atoms with Gasteiger partial charge in [0.2, 0.25) is 11.8 Å². The first-order valence-corrected chi connectivity index (χ1v) is 9.11. The lowest BCUT2D eigenvalue weighted by atomic mass is 10.0. The number of hydrogen-bond donors (Lipinski definition) is 1. The van der Waals surface area contributed by atoms with Gasteiger partial charge in [-0.1, -0.05) is 44.2 Å². The maximum atomic E-state index is 12.4. The number of likely N-dealkylation sites (tertiary alicyclic amines) is 1. The predicted octanol–water partition coefficient (Wildman–Crippen LogP) is 2.80. The molecule has 1 unspecified atom stereocenters. The number of benzene rings is 1. The molecule has 0 bridgehead atoms. The highest BCUT2D eigenvalue weighted by Gasteiger charge is 2.30. The maximum absolute atomic E-state index is 12.4. The molecule has 1 aliphatic heterocycles. The third kappa shape index (κ3) is 6.00. The smallest absolute Gasteiger partial charge is 0.242 e. The highest BCUT2D eigenvalue weighted by atomic mass is 16.2. The van der Waals surface area contributed by atoms with Crippen LogP contribution in [0, 0.1) is 5.92 Å². The molecule has 2 amide bonds. The number of ketones is 1. The van der Waals surface area contributed by atoms with Crippen LogP contribution in [0.1, 0.15) is 56.3 Å². The summed E-state index contributed by atoms with van der Waals surface area (Å²) in [6.45, 7) is 4.81. The van der Waals surface area contributed by atoms with E-state index in [9.17, 15) is 14.4 Å². The van der Waals surface area contributed by atoms with Crippen molar-refractivity contribution in [3.8, 4) is 0 Å². The Labute approximate surface area is 149 Å². The Morgan fingerprint density at radius 3 is 2.60 bits per heavy atom. The van der Waals surface area contributed by atoms with Crippen molar-refractivity contribution in [3.05, 3.63) is 35.9 Å². The molecule has 25 heavy (non-hydrogen) atoms. The molecule has 1 fully saturated rings. The van der Waals surface area contributed by atoms with Crippen LogP contribution in [0.5, 0.6) is 0 Å². The van der Waals surface area contributed by atoms with Crippen molar-refractivity contribution >= 4 is 17.6 Å². The third-order valence-corrected chi connectivity index (χ3v) is 4.60. The Bertz CT molecular complexity index is 598. The van der Waals surface area contributed by atoms with Crippen LogP contribution in [0.15, 0.2) is 30.3 Å². The molecule has 0 aliphatic carbocycles. The molecule has 1 N–H and O–H groups in total. The number of hydrogen-bond acceptors (Lipinski definition) is 3. The van der Waals surface area contributed by atoms with Crippen molar-refractivity contribution in [3.63, 3.8) is 0 Å². The van der Waals surface area contributed by atoms with E-state index in [0.717, 1.165) is 19.3 Å². The summed E-state index contributed by atoms with van der Waals surface area (Å²) in [5.41, 5.74) is 0.684. The summed E-state index contributed by atoms with van der Waals surface area (Å²) in [5, 5.41) is 2.71. The third-order valence-electron chi connectivity index (χ3n) is 4.60. The first-order chi connectivity index (χ1) is 12.0. The van der Waals surface area contributed by atoms with Crippen molar-refractivity contribution in [1.29, 1.82) is 0 Å². The average Bonchev–Trinajstić information content (AvgIpc) is 3.06. The fourth-order valence-corrected chi connectivity index (χ4v) is 3.12. The van der Waals surface area contributed by atoms with Gasteiger partial charge in [-0.05, 0) is 25.2 Å². The lowest BCUT2D eigenvalue weighted by molar-refractivity contribution is -0.133. The van der Waals surface area contributed by atoms with E-state index in [-0.39, 0.29) is 30.2 Å². The average molecular weight is 344 g/mol. The number of amides is 2. The van der Waals surface area contributed by atoms with Crippen LogP contribution in [-0.4, -0.2) is 41.6 Å². The fourth-order valence-electron chi connectivity index (χ4n) is 3.12. The molecular weight excluding hydrogens is 316 g/mol. The van der Waals surface area contributed by atoms with Crippen molar-refractivity contribution < 1.29 is 14.4 Å². The van der Waals surface area contributed by atoms with Crippen LogP contribution in [0.3, 0.4) is 0 Å². The molecule has 5 heteroatoms. The van der Waals surface area contributed by atoms with Gasteiger partial charge < -0.3 is 10.2 Å². The van der Waals surface area contributed by atoms with Gasteiger partial charge in [-0.25, -0.2) is 0 Å². The monoisotopic (exact) mass is 344 g/mol. The van der Waals surface area contributed by atoms with Gasteiger partial charge in [0.15, 0.2) is 5.78 Å². The molecule has 1 atom stereocenters. The largest absolute Gasteiger partial charge is 0.347 e. The summed E-state index contributed by atoms with van der Waals surface area (Å²) in [7, 11) is 0. The van der Waals surface area contributed by atoms with E-state index < -0.39 is 0 Å². The van der Waals surface area contributed by atoms with Gasteiger partial charge in [-0.15, -0.1) is 0 Å². The lowest BCUT2D eigenvalue weighted by Gasteiger charge is -2.24. The highest BCUT2D eigenvalue weighted by Crippen LogP contribution is 2.22. The van der Waals surface area contributed by atoms with E-state index in [0.29, 0.717) is 30.9 Å². The molecule has 0 radical (unpaired) electrons. The van der Waals surface area contributed by atoms with Crippen LogP contribution in [0.2, 0.25) is 0 Å². The minimum absolute atomic E-state index is 0.0208. The summed E-state index contributed by atoms with van der Waals surface area (Å²) >= 11 is 0. The maximum Gasteiger partial charge on any atom is 0.242 e. The highest BCUT2D eigenvalue weighted by molar-refractivity contribution is 5.96. The Balaban J connectivity index is 1.82. The quantitative estimate of drug-likeness (QED) is 0.738. The van der Waals surface area contributed by atoms with E-state index in [1.54, 1.807) is 17.0 Å². The molecule has 0 spiro atoms. The normalized spacial score (nSPS) is 16.9. The minimum atomic E-state index is -0.0961. The zero-order chi connectivity index (χ0) is 18.2. The minimum Gasteiger partial charge on any atom is -0.347 e. The van der Waals surface area contributed by atoms with Gasteiger partial charge in [0, 0.05) is 31.0 Å². The summed E-state index contributed by atoms with van der Waals surface area (Å²) < 4.78 is 0. The van der Waals surface area contributed by atoms with Crippen LogP contribution >= 0.6 is 0 Å². The SMILES string of the molecule is CC(C)CCC(=O)NCC(=O)N1CCCC1CC(=O)c1ccccc1.